The molecule has 9 nitrogen and oxygen atoms in total. The van der Waals surface area contributed by atoms with Crippen molar-refractivity contribution in [1.82, 2.24) is 14.9 Å². The van der Waals surface area contributed by atoms with Crippen LogP contribution in [0.5, 0.6) is 0 Å². The first-order chi connectivity index (χ1) is 17.1. The highest BCUT2D eigenvalue weighted by Crippen LogP contribution is 2.35. The summed E-state index contributed by atoms with van der Waals surface area (Å²) in [4.78, 5) is 29.2. The normalized spacial score (nSPS) is 17.0. The molecule has 2 aromatic carbocycles. The van der Waals surface area contributed by atoms with Crippen molar-refractivity contribution in [2.75, 3.05) is 67.1 Å². The number of anilines is 3. The third kappa shape index (κ3) is 5.31. The average Bonchev–Trinajstić information content (AvgIpc) is 2.89. The number of halogens is 1. The Hall–Kier alpha value is -3.43. The van der Waals surface area contributed by atoms with Gasteiger partial charge in [-0.2, -0.15) is 0 Å². The summed E-state index contributed by atoms with van der Waals surface area (Å²) in [6.45, 7) is 6.63. The summed E-state index contributed by atoms with van der Waals surface area (Å²) < 4.78 is 0. The lowest BCUT2D eigenvalue weighted by atomic mass is 10.2. The van der Waals surface area contributed by atoms with Gasteiger partial charge in [0, 0.05) is 69.6 Å². The van der Waals surface area contributed by atoms with Crippen LogP contribution in [-0.2, 0) is 6.54 Å². The van der Waals surface area contributed by atoms with E-state index in [1.54, 1.807) is 0 Å². The van der Waals surface area contributed by atoms with Crippen LogP contribution in [0.2, 0.25) is 5.02 Å². The van der Waals surface area contributed by atoms with Crippen LogP contribution in [0.3, 0.4) is 0 Å². The first kappa shape index (κ1) is 23.3. The molecule has 0 N–H and O–H groups in total. The molecule has 0 aliphatic carbocycles. The van der Waals surface area contributed by atoms with Gasteiger partial charge in [-0.3, -0.25) is 15.0 Å². The van der Waals surface area contributed by atoms with Crippen LogP contribution in [0.1, 0.15) is 5.56 Å². The Kier molecular flexibility index (Phi) is 6.96. The van der Waals surface area contributed by atoms with Crippen molar-refractivity contribution >= 4 is 34.6 Å². The number of hydrogen-bond acceptors (Lipinski definition) is 8. The summed E-state index contributed by atoms with van der Waals surface area (Å²) in [6.07, 6.45) is 1.46. The van der Waals surface area contributed by atoms with Gasteiger partial charge >= 0.3 is 5.69 Å². The average molecular weight is 494 g/mol. The Labute approximate surface area is 209 Å². The molecule has 10 heteroatoms. The van der Waals surface area contributed by atoms with E-state index < -0.39 is 0 Å². The van der Waals surface area contributed by atoms with Crippen LogP contribution in [0.15, 0.2) is 60.9 Å². The summed E-state index contributed by atoms with van der Waals surface area (Å²) in [6, 6.07) is 18.1. The van der Waals surface area contributed by atoms with Crippen LogP contribution in [0.25, 0.3) is 0 Å². The van der Waals surface area contributed by atoms with E-state index in [2.05, 4.69) is 31.9 Å². The number of piperazine rings is 2. The summed E-state index contributed by atoms with van der Waals surface area (Å²) in [5.74, 6) is 0.814. The highest BCUT2D eigenvalue weighted by atomic mass is 35.5. The van der Waals surface area contributed by atoms with Gasteiger partial charge < -0.3 is 14.7 Å². The molecule has 0 saturated carbocycles. The molecule has 35 heavy (non-hydrogen) atoms. The summed E-state index contributed by atoms with van der Waals surface area (Å²) in [5.41, 5.74) is 2.33. The van der Waals surface area contributed by atoms with E-state index in [9.17, 15) is 10.1 Å². The van der Waals surface area contributed by atoms with Gasteiger partial charge in [-0.25, -0.2) is 9.97 Å². The highest BCUT2D eigenvalue weighted by Gasteiger charge is 2.33. The van der Waals surface area contributed by atoms with Crippen molar-refractivity contribution < 1.29 is 4.92 Å². The smallest absolute Gasteiger partial charge is 0.353 e. The van der Waals surface area contributed by atoms with Gasteiger partial charge in [0.2, 0.25) is 11.6 Å². The molecule has 2 saturated heterocycles. The standard InChI is InChI=1S/C25H28ClN7O2/c26-21-7-4-8-22(17-21)30-13-15-32(16-14-30)25-23(33(34)35)24(27-19-28-25)31-11-9-29(10-12-31)18-20-5-2-1-3-6-20/h1-8,17,19H,9-16,18H2. The van der Waals surface area contributed by atoms with Crippen molar-refractivity contribution in [3.8, 4) is 0 Å². The molecule has 182 valence electrons. The van der Waals surface area contributed by atoms with Gasteiger partial charge in [-0.05, 0) is 23.8 Å². The Morgan fingerprint density at radius 3 is 2.00 bits per heavy atom. The molecular formula is C25H28ClN7O2. The van der Waals surface area contributed by atoms with Gasteiger partial charge in [0.15, 0.2) is 0 Å². The van der Waals surface area contributed by atoms with Gasteiger partial charge in [0.1, 0.15) is 6.33 Å². The van der Waals surface area contributed by atoms with Gasteiger partial charge in [-0.1, -0.05) is 48.0 Å². The second-order valence-electron chi connectivity index (χ2n) is 8.83. The topological polar surface area (TPSA) is 81.9 Å². The van der Waals surface area contributed by atoms with E-state index >= 15 is 0 Å². The second kappa shape index (κ2) is 10.5. The lowest BCUT2D eigenvalue weighted by Gasteiger charge is -2.37. The molecule has 1 aromatic heterocycles. The first-order valence-electron chi connectivity index (χ1n) is 11.8. The molecule has 0 atom stereocenters. The van der Waals surface area contributed by atoms with Crippen LogP contribution in [0, 0.1) is 10.1 Å². The number of aromatic nitrogens is 2. The van der Waals surface area contributed by atoms with Crippen molar-refractivity contribution in [3.05, 3.63) is 81.6 Å². The predicted molar refractivity (Wildman–Crippen MR) is 138 cm³/mol. The summed E-state index contributed by atoms with van der Waals surface area (Å²) >= 11 is 6.15. The van der Waals surface area contributed by atoms with E-state index in [1.807, 2.05) is 52.3 Å². The van der Waals surface area contributed by atoms with E-state index in [-0.39, 0.29) is 10.6 Å². The SMILES string of the molecule is O=[N+]([O-])c1c(N2CCN(Cc3ccccc3)CC2)ncnc1N1CCN(c2cccc(Cl)c2)CC1. The molecule has 0 bridgehead atoms. The number of nitrogens with zero attached hydrogens (tertiary/aromatic N) is 7. The maximum atomic E-state index is 12.2. The fraction of sp³-hybridized carbons (Fsp3) is 0.360. The van der Waals surface area contributed by atoms with E-state index in [1.165, 1.54) is 11.9 Å². The number of nitro groups is 1. The van der Waals surface area contributed by atoms with Crippen molar-refractivity contribution in [2.45, 2.75) is 6.54 Å². The van der Waals surface area contributed by atoms with Crippen molar-refractivity contribution in [1.29, 1.82) is 0 Å². The third-order valence-corrected chi connectivity index (χ3v) is 6.87. The number of hydrogen-bond donors (Lipinski definition) is 0. The molecule has 5 rings (SSSR count). The van der Waals surface area contributed by atoms with Crippen LogP contribution >= 0.6 is 11.6 Å². The monoisotopic (exact) mass is 493 g/mol. The van der Waals surface area contributed by atoms with Gasteiger partial charge in [0.05, 0.1) is 4.92 Å². The lowest BCUT2D eigenvalue weighted by molar-refractivity contribution is -0.383. The largest absolute Gasteiger partial charge is 0.368 e. The Bertz CT molecular complexity index is 1160. The zero-order valence-electron chi connectivity index (χ0n) is 19.5. The molecule has 2 fully saturated rings. The third-order valence-electron chi connectivity index (χ3n) is 6.64. The van der Waals surface area contributed by atoms with E-state index in [0.29, 0.717) is 42.8 Å². The quantitative estimate of drug-likeness (QED) is 0.380. The molecule has 3 heterocycles. The highest BCUT2D eigenvalue weighted by molar-refractivity contribution is 6.30. The maximum absolute atomic E-state index is 12.2. The second-order valence-corrected chi connectivity index (χ2v) is 9.27. The minimum absolute atomic E-state index is 0.000199. The maximum Gasteiger partial charge on any atom is 0.353 e. The minimum Gasteiger partial charge on any atom is -0.368 e. The lowest BCUT2D eigenvalue weighted by Crippen LogP contribution is -2.48. The fourth-order valence-electron chi connectivity index (χ4n) is 4.80. The molecule has 2 aliphatic rings. The zero-order chi connectivity index (χ0) is 24.2. The van der Waals surface area contributed by atoms with E-state index in [0.717, 1.165) is 38.4 Å². The van der Waals surface area contributed by atoms with Crippen LogP contribution in [0.4, 0.5) is 23.0 Å². The molecule has 2 aliphatic heterocycles. The van der Waals surface area contributed by atoms with Crippen LogP contribution < -0.4 is 14.7 Å². The van der Waals surface area contributed by atoms with E-state index in [4.69, 9.17) is 11.6 Å². The van der Waals surface area contributed by atoms with Gasteiger partial charge in [0.25, 0.3) is 0 Å². The first-order valence-corrected chi connectivity index (χ1v) is 12.2. The Morgan fingerprint density at radius 1 is 0.800 bits per heavy atom. The van der Waals surface area contributed by atoms with Crippen LogP contribution in [-0.4, -0.2) is 72.1 Å². The summed E-state index contributed by atoms with van der Waals surface area (Å²) in [5, 5.41) is 12.9. The molecule has 0 spiro atoms. The van der Waals surface area contributed by atoms with Gasteiger partial charge in [-0.15, -0.1) is 0 Å². The number of benzene rings is 2. The fourth-order valence-corrected chi connectivity index (χ4v) is 4.98. The predicted octanol–water partition coefficient (Wildman–Crippen LogP) is 3.69. The number of rotatable bonds is 6. The van der Waals surface area contributed by atoms with Crippen molar-refractivity contribution in [3.63, 3.8) is 0 Å². The molecule has 0 radical (unpaired) electrons. The molecule has 0 unspecified atom stereocenters. The molecule has 0 amide bonds. The molecular weight excluding hydrogens is 466 g/mol. The Morgan fingerprint density at radius 2 is 1.40 bits per heavy atom. The Balaban J connectivity index is 1.28. The zero-order valence-corrected chi connectivity index (χ0v) is 20.2. The minimum atomic E-state index is -0.329. The molecule has 3 aromatic rings. The summed E-state index contributed by atoms with van der Waals surface area (Å²) in [7, 11) is 0. The van der Waals surface area contributed by atoms with Crippen molar-refractivity contribution in [2.24, 2.45) is 0 Å².